The van der Waals surface area contributed by atoms with E-state index in [2.05, 4.69) is 72.7 Å². The summed E-state index contributed by atoms with van der Waals surface area (Å²) in [5, 5.41) is 3.75. The molecule has 0 fully saturated rings. The minimum atomic E-state index is -0.361. The monoisotopic (exact) mass is 389 g/mol. The van der Waals surface area contributed by atoms with Gasteiger partial charge in [0.2, 0.25) is 0 Å². The summed E-state index contributed by atoms with van der Waals surface area (Å²) in [5.74, 6) is -0.361. The zero-order chi connectivity index (χ0) is 20.4. The van der Waals surface area contributed by atoms with Gasteiger partial charge in [-0.1, -0.05) is 68.4 Å². The molecule has 4 rings (SSSR count). The molecule has 1 aromatic heterocycles. The molecule has 3 aromatic rings. The van der Waals surface area contributed by atoms with Crippen LogP contribution in [-0.4, -0.2) is 22.6 Å². The molecule has 5 nitrogen and oxygen atoms in total. The van der Waals surface area contributed by atoms with Crippen LogP contribution in [0.25, 0.3) is 0 Å². The second kappa shape index (κ2) is 7.84. The minimum Gasteiger partial charge on any atom is -0.464 e. The fraction of sp³-hybridized carbons (Fsp3) is 0.333. The summed E-state index contributed by atoms with van der Waals surface area (Å²) >= 11 is 0. The highest BCUT2D eigenvalue weighted by atomic mass is 16.5. The van der Waals surface area contributed by atoms with E-state index >= 15 is 0 Å². The van der Waals surface area contributed by atoms with Gasteiger partial charge in [0, 0.05) is 12.6 Å². The third kappa shape index (κ3) is 3.70. The van der Waals surface area contributed by atoms with Crippen LogP contribution in [0.15, 0.2) is 67.1 Å². The molecule has 150 valence electrons. The van der Waals surface area contributed by atoms with Gasteiger partial charge >= 0.3 is 5.97 Å². The topological polar surface area (TPSA) is 56.1 Å². The van der Waals surface area contributed by atoms with E-state index in [1.807, 2.05) is 10.6 Å². The summed E-state index contributed by atoms with van der Waals surface area (Å²) < 4.78 is 6.95. The molecule has 0 saturated heterocycles. The Kier molecular flexibility index (Phi) is 5.24. The van der Waals surface area contributed by atoms with Crippen molar-refractivity contribution in [1.29, 1.82) is 0 Å². The number of carbonyl (C=O) groups is 1. The Balaban J connectivity index is 1.71. The number of imidazole rings is 1. The quantitative estimate of drug-likeness (QED) is 0.652. The van der Waals surface area contributed by atoms with E-state index in [0.717, 1.165) is 13.0 Å². The molecule has 0 spiro atoms. The molecule has 2 aromatic carbocycles. The second-order valence-electron chi connectivity index (χ2n) is 8.32. The SMILES string of the molecule is COC(=O)c1cncn1[C@H]1c2ccccc2[C@H](NCc2ccccc2)CC1(C)C. The number of benzene rings is 2. The Morgan fingerprint density at radius 3 is 2.55 bits per heavy atom. The van der Waals surface area contributed by atoms with Gasteiger partial charge in [-0.05, 0) is 28.5 Å². The first-order valence-corrected chi connectivity index (χ1v) is 9.97. The molecule has 0 amide bonds. The van der Waals surface area contributed by atoms with Crippen LogP contribution >= 0.6 is 0 Å². The van der Waals surface area contributed by atoms with Crippen LogP contribution in [-0.2, 0) is 11.3 Å². The van der Waals surface area contributed by atoms with E-state index in [1.165, 1.54) is 23.8 Å². The Hall–Kier alpha value is -2.92. The second-order valence-corrected chi connectivity index (χ2v) is 8.32. The molecule has 1 aliphatic carbocycles. The lowest BCUT2D eigenvalue weighted by molar-refractivity contribution is 0.0579. The Bertz CT molecular complexity index is 994. The van der Waals surface area contributed by atoms with E-state index in [4.69, 9.17) is 4.74 Å². The highest BCUT2D eigenvalue weighted by molar-refractivity contribution is 5.87. The van der Waals surface area contributed by atoms with Crippen molar-refractivity contribution in [1.82, 2.24) is 14.9 Å². The smallest absolute Gasteiger partial charge is 0.356 e. The first kappa shape index (κ1) is 19.4. The normalized spacial score (nSPS) is 20.1. The molecule has 0 saturated carbocycles. The molecule has 0 bridgehead atoms. The van der Waals surface area contributed by atoms with Crippen LogP contribution < -0.4 is 5.32 Å². The largest absolute Gasteiger partial charge is 0.464 e. The predicted octanol–water partition coefficient (Wildman–Crippen LogP) is 4.52. The van der Waals surface area contributed by atoms with Crippen LogP contribution in [0.5, 0.6) is 0 Å². The summed E-state index contributed by atoms with van der Waals surface area (Å²) in [5.41, 5.74) is 4.16. The number of hydrogen-bond acceptors (Lipinski definition) is 4. The molecule has 1 aliphatic rings. The predicted molar refractivity (Wildman–Crippen MR) is 113 cm³/mol. The fourth-order valence-corrected chi connectivity index (χ4v) is 4.56. The molecule has 5 heteroatoms. The Morgan fingerprint density at radius 1 is 1.14 bits per heavy atom. The van der Waals surface area contributed by atoms with E-state index in [0.29, 0.717) is 5.69 Å². The van der Waals surface area contributed by atoms with Gasteiger partial charge in [-0.2, -0.15) is 0 Å². The van der Waals surface area contributed by atoms with E-state index < -0.39 is 0 Å². The molecule has 0 radical (unpaired) electrons. The van der Waals surface area contributed by atoms with Gasteiger partial charge in [-0.15, -0.1) is 0 Å². The van der Waals surface area contributed by atoms with Crippen molar-refractivity contribution in [3.8, 4) is 0 Å². The van der Waals surface area contributed by atoms with E-state index in [-0.39, 0.29) is 23.5 Å². The standard InChI is InChI=1S/C24H27N3O2/c1-24(2)13-20(26-14-17-9-5-4-6-10-17)18-11-7-8-12-19(18)22(24)27-16-25-15-21(27)23(28)29-3/h4-12,15-16,20,22,26H,13-14H2,1-3H3/t20-,22+/m1/s1. The number of nitrogens with zero attached hydrogens (tertiary/aromatic N) is 2. The van der Waals surface area contributed by atoms with Gasteiger partial charge in [0.25, 0.3) is 0 Å². The van der Waals surface area contributed by atoms with E-state index in [9.17, 15) is 4.79 Å². The van der Waals surface area contributed by atoms with Crippen molar-refractivity contribution < 1.29 is 9.53 Å². The maximum atomic E-state index is 12.3. The lowest BCUT2D eigenvalue weighted by Crippen LogP contribution is -2.39. The third-order valence-electron chi connectivity index (χ3n) is 5.87. The number of nitrogens with one attached hydrogen (secondary N) is 1. The van der Waals surface area contributed by atoms with Crippen molar-refractivity contribution >= 4 is 5.97 Å². The molecule has 1 heterocycles. The number of ether oxygens (including phenoxy) is 1. The van der Waals surface area contributed by atoms with Crippen molar-refractivity contribution in [3.05, 3.63) is 89.5 Å². The highest BCUT2D eigenvalue weighted by Gasteiger charge is 2.42. The van der Waals surface area contributed by atoms with Gasteiger partial charge in [0.15, 0.2) is 0 Å². The molecular weight excluding hydrogens is 362 g/mol. The summed E-state index contributed by atoms with van der Waals surface area (Å²) in [7, 11) is 1.41. The lowest BCUT2D eigenvalue weighted by atomic mass is 9.68. The van der Waals surface area contributed by atoms with Gasteiger partial charge in [-0.3, -0.25) is 0 Å². The average Bonchev–Trinajstić information content (AvgIpc) is 3.20. The Labute approximate surface area is 171 Å². The maximum Gasteiger partial charge on any atom is 0.356 e. The number of hydrogen-bond donors (Lipinski definition) is 1. The average molecular weight is 389 g/mol. The lowest BCUT2D eigenvalue weighted by Gasteiger charge is -2.45. The summed E-state index contributed by atoms with van der Waals surface area (Å²) in [6.45, 7) is 5.33. The molecule has 1 N–H and O–H groups in total. The summed E-state index contributed by atoms with van der Waals surface area (Å²) in [4.78, 5) is 16.5. The van der Waals surface area contributed by atoms with Crippen LogP contribution in [0, 0.1) is 5.41 Å². The van der Waals surface area contributed by atoms with Crippen molar-refractivity contribution in [3.63, 3.8) is 0 Å². The van der Waals surface area contributed by atoms with Gasteiger partial charge < -0.3 is 14.6 Å². The van der Waals surface area contributed by atoms with Crippen molar-refractivity contribution in [2.24, 2.45) is 5.41 Å². The molecule has 0 aliphatic heterocycles. The molecule has 0 unspecified atom stereocenters. The number of aromatic nitrogens is 2. The van der Waals surface area contributed by atoms with Crippen molar-refractivity contribution in [2.75, 3.05) is 7.11 Å². The molecular formula is C24H27N3O2. The first-order valence-electron chi connectivity index (χ1n) is 9.97. The Morgan fingerprint density at radius 2 is 1.83 bits per heavy atom. The van der Waals surface area contributed by atoms with Crippen LogP contribution in [0.3, 0.4) is 0 Å². The summed E-state index contributed by atoms with van der Waals surface area (Å²) in [6, 6.07) is 19.2. The third-order valence-corrected chi connectivity index (χ3v) is 5.87. The maximum absolute atomic E-state index is 12.3. The van der Waals surface area contributed by atoms with Crippen LogP contribution in [0.2, 0.25) is 0 Å². The summed E-state index contributed by atoms with van der Waals surface area (Å²) in [6.07, 6.45) is 4.28. The van der Waals surface area contributed by atoms with Gasteiger partial charge in [0.05, 0.1) is 25.7 Å². The number of fused-ring (bicyclic) bond motifs is 1. The molecule has 29 heavy (non-hydrogen) atoms. The van der Waals surface area contributed by atoms with Crippen molar-refractivity contribution in [2.45, 2.75) is 38.9 Å². The fourth-order valence-electron chi connectivity index (χ4n) is 4.56. The first-order chi connectivity index (χ1) is 14.0. The van der Waals surface area contributed by atoms with Gasteiger partial charge in [-0.25, -0.2) is 9.78 Å². The van der Waals surface area contributed by atoms with E-state index in [1.54, 1.807) is 12.5 Å². The highest BCUT2D eigenvalue weighted by Crippen LogP contribution is 2.50. The zero-order valence-electron chi connectivity index (χ0n) is 17.1. The number of carbonyl (C=O) groups excluding carboxylic acids is 1. The minimum absolute atomic E-state index is 0.00470. The number of rotatable bonds is 5. The van der Waals surface area contributed by atoms with Gasteiger partial charge in [0.1, 0.15) is 5.69 Å². The zero-order valence-corrected chi connectivity index (χ0v) is 17.1. The molecule has 2 atom stereocenters. The number of methoxy groups -OCH3 is 1. The van der Waals surface area contributed by atoms with Crippen LogP contribution in [0.4, 0.5) is 0 Å². The van der Waals surface area contributed by atoms with Crippen LogP contribution in [0.1, 0.15) is 59.5 Å². The number of esters is 1.